The number of hydrogen-bond donors (Lipinski definition) is 1. The van der Waals surface area contributed by atoms with Crippen molar-refractivity contribution >= 4 is 12.2 Å². The maximum atomic E-state index is 4.68. The molecule has 20 heavy (non-hydrogen) atoms. The maximum absolute atomic E-state index is 4.68. The Morgan fingerprint density at radius 3 is 2.70 bits per heavy atom. The maximum Gasteiger partial charge on any atom is 0.114 e. The lowest BCUT2D eigenvalue weighted by molar-refractivity contribution is 0.198. The van der Waals surface area contributed by atoms with Crippen molar-refractivity contribution in [1.29, 1.82) is 0 Å². The van der Waals surface area contributed by atoms with Crippen LogP contribution in [0, 0.1) is 5.92 Å². The van der Waals surface area contributed by atoms with Crippen molar-refractivity contribution in [2.75, 3.05) is 13.6 Å². The second kappa shape index (κ2) is 5.37. The molecule has 1 aromatic carbocycles. The Hall–Kier alpha value is -1.68. The molecule has 0 aromatic heterocycles. The molecule has 1 saturated heterocycles. The summed E-state index contributed by atoms with van der Waals surface area (Å²) >= 11 is 0. The number of amidine groups is 1. The van der Waals surface area contributed by atoms with Crippen LogP contribution >= 0.6 is 0 Å². The van der Waals surface area contributed by atoms with Gasteiger partial charge in [0.15, 0.2) is 0 Å². The lowest BCUT2D eigenvalue weighted by Crippen LogP contribution is -2.46. The normalized spacial score (nSPS) is 31.6. The van der Waals surface area contributed by atoms with Crippen LogP contribution in [0.2, 0.25) is 0 Å². The molecule has 2 aliphatic rings. The topological polar surface area (TPSA) is 40.0 Å². The molecule has 0 amide bonds. The van der Waals surface area contributed by atoms with Gasteiger partial charge in [-0.05, 0) is 19.4 Å². The second-order valence-electron chi connectivity index (χ2n) is 5.78. The number of benzene rings is 1. The molecule has 4 nitrogen and oxygen atoms in total. The molecule has 1 N–H and O–H groups in total. The zero-order chi connectivity index (χ0) is 14.1. The van der Waals surface area contributed by atoms with Gasteiger partial charge in [-0.3, -0.25) is 14.9 Å². The number of aliphatic imine (C=N–C) groups is 2. The summed E-state index contributed by atoms with van der Waals surface area (Å²) in [5.74, 6) is 1.84. The lowest BCUT2D eigenvalue weighted by Gasteiger charge is -2.31. The number of fused-ring (bicyclic) bond motifs is 1. The highest BCUT2D eigenvalue weighted by Gasteiger charge is 2.46. The average Bonchev–Trinajstić information content (AvgIpc) is 2.88. The zero-order valence-corrected chi connectivity index (χ0v) is 12.3. The van der Waals surface area contributed by atoms with E-state index in [-0.39, 0.29) is 6.17 Å². The smallest absolute Gasteiger partial charge is 0.114 e. The summed E-state index contributed by atoms with van der Waals surface area (Å²) < 4.78 is 0. The van der Waals surface area contributed by atoms with Gasteiger partial charge in [-0.15, -0.1) is 0 Å². The molecule has 106 valence electrons. The Morgan fingerprint density at radius 1 is 1.30 bits per heavy atom. The van der Waals surface area contributed by atoms with Crippen molar-refractivity contribution in [1.82, 2.24) is 10.2 Å². The minimum absolute atomic E-state index is 0.208. The Labute approximate surface area is 120 Å². The summed E-state index contributed by atoms with van der Waals surface area (Å²) in [6.45, 7) is 5.52. The van der Waals surface area contributed by atoms with Crippen LogP contribution in [-0.2, 0) is 0 Å². The van der Waals surface area contributed by atoms with E-state index in [1.807, 2.05) is 7.05 Å². The number of nitrogens with one attached hydrogen (secondary N) is 1. The third-order valence-electron chi connectivity index (χ3n) is 4.39. The van der Waals surface area contributed by atoms with Crippen molar-refractivity contribution in [2.24, 2.45) is 15.9 Å². The van der Waals surface area contributed by atoms with Crippen LogP contribution in [0.25, 0.3) is 0 Å². The standard InChI is InChI=1S/C16H22N4/c1-11(2)20-9-13(12-7-5-4-6-8-12)14-15(17-3)18-10-19-16(14)20/h4-8,10-11,13-14,16H,9H2,1-3H3,(H,17,18,19). The van der Waals surface area contributed by atoms with Gasteiger partial charge in [0.1, 0.15) is 12.0 Å². The van der Waals surface area contributed by atoms with E-state index in [9.17, 15) is 0 Å². The predicted molar refractivity (Wildman–Crippen MR) is 83.3 cm³/mol. The van der Waals surface area contributed by atoms with Gasteiger partial charge in [0.25, 0.3) is 0 Å². The first-order chi connectivity index (χ1) is 9.72. The largest absolute Gasteiger partial charge is 0.335 e. The minimum Gasteiger partial charge on any atom is -0.335 e. The van der Waals surface area contributed by atoms with E-state index in [4.69, 9.17) is 0 Å². The van der Waals surface area contributed by atoms with Crippen molar-refractivity contribution in [3.63, 3.8) is 0 Å². The number of hydrogen-bond acceptors (Lipinski definition) is 3. The van der Waals surface area contributed by atoms with Gasteiger partial charge in [0.2, 0.25) is 0 Å². The average molecular weight is 270 g/mol. The van der Waals surface area contributed by atoms with Crippen LogP contribution < -0.4 is 5.32 Å². The fraction of sp³-hybridized carbons (Fsp3) is 0.500. The van der Waals surface area contributed by atoms with Crippen molar-refractivity contribution in [3.8, 4) is 0 Å². The fourth-order valence-electron chi connectivity index (χ4n) is 3.39. The van der Waals surface area contributed by atoms with Crippen LogP contribution in [0.1, 0.15) is 25.3 Å². The predicted octanol–water partition coefficient (Wildman–Crippen LogP) is 2.10. The Balaban J connectivity index is 2.00. The van der Waals surface area contributed by atoms with Gasteiger partial charge in [0.05, 0.1) is 12.3 Å². The first-order valence-electron chi connectivity index (χ1n) is 7.28. The first kappa shape index (κ1) is 13.3. The summed E-state index contributed by atoms with van der Waals surface area (Å²) in [5, 5.41) is 3.23. The summed E-state index contributed by atoms with van der Waals surface area (Å²) in [6, 6.07) is 11.2. The molecule has 4 heteroatoms. The van der Waals surface area contributed by atoms with E-state index < -0.39 is 0 Å². The SMILES string of the molecule is CN=C1NC=NC2C1C(c1ccccc1)CN2C(C)C. The molecule has 2 heterocycles. The van der Waals surface area contributed by atoms with E-state index in [2.05, 4.69) is 64.4 Å². The Morgan fingerprint density at radius 2 is 2.05 bits per heavy atom. The molecule has 2 aliphatic heterocycles. The van der Waals surface area contributed by atoms with Gasteiger partial charge < -0.3 is 5.32 Å². The van der Waals surface area contributed by atoms with Crippen LogP contribution in [0.5, 0.6) is 0 Å². The minimum atomic E-state index is 0.208. The Bertz CT molecular complexity index is 521. The van der Waals surface area contributed by atoms with E-state index in [0.717, 1.165) is 12.4 Å². The zero-order valence-electron chi connectivity index (χ0n) is 12.3. The van der Waals surface area contributed by atoms with Crippen molar-refractivity contribution in [2.45, 2.75) is 32.0 Å². The van der Waals surface area contributed by atoms with Crippen LogP contribution in [0.15, 0.2) is 40.3 Å². The van der Waals surface area contributed by atoms with E-state index >= 15 is 0 Å². The lowest BCUT2D eigenvalue weighted by atomic mass is 9.86. The van der Waals surface area contributed by atoms with E-state index in [1.165, 1.54) is 5.56 Å². The van der Waals surface area contributed by atoms with E-state index in [1.54, 1.807) is 6.34 Å². The molecule has 0 aliphatic carbocycles. The molecule has 0 spiro atoms. The van der Waals surface area contributed by atoms with E-state index in [0.29, 0.717) is 17.9 Å². The van der Waals surface area contributed by atoms with Crippen LogP contribution in [0.4, 0.5) is 0 Å². The molecule has 3 unspecified atom stereocenters. The third-order valence-corrected chi connectivity index (χ3v) is 4.39. The summed E-state index contributed by atoms with van der Waals surface area (Å²) in [7, 11) is 1.86. The van der Waals surface area contributed by atoms with Gasteiger partial charge >= 0.3 is 0 Å². The highest BCUT2D eigenvalue weighted by Crippen LogP contribution is 2.40. The molecule has 0 saturated carbocycles. The summed E-state index contributed by atoms with van der Waals surface area (Å²) in [4.78, 5) is 11.6. The molecular weight excluding hydrogens is 248 g/mol. The molecule has 0 bridgehead atoms. The monoisotopic (exact) mass is 270 g/mol. The van der Waals surface area contributed by atoms with Gasteiger partial charge in [-0.1, -0.05) is 30.3 Å². The molecule has 3 atom stereocenters. The van der Waals surface area contributed by atoms with Crippen LogP contribution in [-0.4, -0.2) is 42.9 Å². The highest BCUT2D eigenvalue weighted by molar-refractivity contribution is 5.96. The summed E-state index contributed by atoms with van der Waals surface area (Å²) in [5.41, 5.74) is 1.38. The molecule has 3 rings (SSSR count). The molecular formula is C16H22N4. The quantitative estimate of drug-likeness (QED) is 0.894. The number of nitrogens with zero attached hydrogens (tertiary/aromatic N) is 3. The van der Waals surface area contributed by atoms with Gasteiger partial charge in [-0.25, -0.2) is 0 Å². The molecule has 1 aromatic rings. The first-order valence-corrected chi connectivity index (χ1v) is 7.28. The fourth-order valence-corrected chi connectivity index (χ4v) is 3.39. The number of rotatable bonds is 2. The van der Waals surface area contributed by atoms with Crippen molar-refractivity contribution < 1.29 is 0 Å². The molecule has 1 fully saturated rings. The highest BCUT2D eigenvalue weighted by atomic mass is 15.3. The Kier molecular flexibility index (Phi) is 3.57. The third kappa shape index (κ3) is 2.14. The van der Waals surface area contributed by atoms with Gasteiger partial charge in [0, 0.05) is 25.6 Å². The van der Waals surface area contributed by atoms with Crippen LogP contribution in [0.3, 0.4) is 0 Å². The second-order valence-corrected chi connectivity index (χ2v) is 5.78. The summed E-state index contributed by atoms with van der Waals surface area (Å²) in [6.07, 6.45) is 2.01. The molecule has 0 radical (unpaired) electrons. The van der Waals surface area contributed by atoms with Gasteiger partial charge in [-0.2, -0.15) is 0 Å². The number of likely N-dealkylation sites (tertiary alicyclic amines) is 1. The van der Waals surface area contributed by atoms with Crippen molar-refractivity contribution in [3.05, 3.63) is 35.9 Å².